The van der Waals surface area contributed by atoms with Crippen LogP contribution in [0.1, 0.15) is 34.1 Å². The minimum absolute atomic E-state index is 0.0428. The number of carbonyl (C=O) groups excluding carboxylic acids is 1. The van der Waals surface area contributed by atoms with E-state index in [1.54, 1.807) is 27.7 Å². The third kappa shape index (κ3) is 4.14. The molecule has 0 aromatic heterocycles. The fourth-order valence-corrected chi connectivity index (χ4v) is 3.67. The van der Waals surface area contributed by atoms with E-state index in [1.807, 2.05) is 5.32 Å². The van der Waals surface area contributed by atoms with Crippen LogP contribution in [-0.2, 0) is 28.5 Å². The number of amides is 1. The number of carbonyl (C=O) groups is 1. The van der Waals surface area contributed by atoms with Crippen LogP contribution in [0.15, 0.2) is 12.7 Å². The Hall–Kier alpha value is -1.20. The van der Waals surface area contributed by atoms with E-state index in [-0.39, 0.29) is 6.42 Å². The Morgan fingerprint density at radius 1 is 1.07 bits per heavy atom. The molecule has 27 heavy (non-hydrogen) atoms. The molecule has 0 spiro atoms. The summed E-state index contributed by atoms with van der Waals surface area (Å²) in [5.74, 6) is -4.00. The van der Waals surface area contributed by atoms with Crippen molar-refractivity contribution in [3.05, 3.63) is 12.7 Å². The molecule has 0 aromatic rings. The smallest absolute Gasteiger partial charge is 0.343 e. The maximum atomic E-state index is 12.7. The molecule has 3 fully saturated rings. The van der Waals surface area contributed by atoms with Gasteiger partial charge in [0.15, 0.2) is 17.9 Å². The van der Waals surface area contributed by atoms with Crippen LogP contribution >= 0.6 is 0 Å². The van der Waals surface area contributed by atoms with Crippen molar-refractivity contribution >= 4 is 5.91 Å². The number of fused-ring (bicyclic) bond motifs is 3. The molecule has 0 bridgehead atoms. The first-order valence-electron chi connectivity index (χ1n) is 8.68. The first-order valence-corrected chi connectivity index (χ1v) is 8.68. The molecule has 0 radical (unpaired) electrons. The number of ether oxygens (including phenoxy) is 5. The van der Waals surface area contributed by atoms with Crippen molar-refractivity contribution in [2.24, 2.45) is 0 Å². The Kier molecular flexibility index (Phi) is 5.09. The summed E-state index contributed by atoms with van der Waals surface area (Å²) >= 11 is 0. The molecular formula is C17H24F3NO6. The van der Waals surface area contributed by atoms with Crippen LogP contribution in [0.2, 0.25) is 0 Å². The van der Waals surface area contributed by atoms with E-state index in [0.29, 0.717) is 0 Å². The van der Waals surface area contributed by atoms with Crippen LogP contribution in [0.5, 0.6) is 0 Å². The predicted octanol–water partition coefficient (Wildman–Crippen LogP) is 2.01. The van der Waals surface area contributed by atoms with E-state index in [9.17, 15) is 18.0 Å². The summed E-state index contributed by atoms with van der Waals surface area (Å²) in [5.41, 5.74) is 0. The number of nitrogens with one attached hydrogen (secondary N) is 1. The van der Waals surface area contributed by atoms with Gasteiger partial charge in [-0.2, -0.15) is 13.2 Å². The van der Waals surface area contributed by atoms with Gasteiger partial charge in [0.25, 0.3) is 0 Å². The lowest BCUT2D eigenvalue weighted by molar-refractivity contribution is -0.240. The fourth-order valence-electron chi connectivity index (χ4n) is 3.67. The SMILES string of the molecule is C=CC[C@@H](NC(=O)C(F)(F)F)[C@H]1O[C@@H]2OC(C)(C)O[C@@H]2[C@H]2OC(C)(C)O[C@H]21. The average Bonchev–Trinajstić information content (AvgIpc) is 2.99. The normalized spacial score (nSPS) is 38.0. The lowest BCUT2D eigenvalue weighted by atomic mass is 9.92. The molecule has 3 aliphatic heterocycles. The Balaban J connectivity index is 1.88. The minimum atomic E-state index is -5.02. The number of rotatable bonds is 4. The van der Waals surface area contributed by atoms with Crippen molar-refractivity contribution in [2.75, 3.05) is 0 Å². The second-order valence-corrected chi connectivity index (χ2v) is 7.74. The van der Waals surface area contributed by atoms with Crippen molar-refractivity contribution in [2.45, 2.75) is 88.6 Å². The van der Waals surface area contributed by atoms with Crippen LogP contribution in [0, 0.1) is 0 Å². The van der Waals surface area contributed by atoms with Gasteiger partial charge in [0.1, 0.15) is 24.4 Å². The van der Waals surface area contributed by atoms with E-state index in [2.05, 4.69) is 6.58 Å². The zero-order chi connectivity index (χ0) is 20.2. The van der Waals surface area contributed by atoms with E-state index >= 15 is 0 Å². The second-order valence-electron chi connectivity index (χ2n) is 7.74. The lowest BCUT2D eigenvalue weighted by Crippen LogP contribution is -2.62. The molecule has 1 N–H and O–H groups in total. The Labute approximate surface area is 155 Å². The quantitative estimate of drug-likeness (QED) is 0.734. The predicted molar refractivity (Wildman–Crippen MR) is 85.3 cm³/mol. The Morgan fingerprint density at radius 3 is 2.22 bits per heavy atom. The van der Waals surface area contributed by atoms with E-state index in [4.69, 9.17) is 23.7 Å². The maximum Gasteiger partial charge on any atom is 0.471 e. The van der Waals surface area contributed by atoms with Gasteiger partial charge >= 0.3 is 12.1 Å². The zero-order valence-corrected chi connectivity index (χ0v) is 15.5. The van der Waals surface area contributed by atoms with Gasteiger partial charge in [0.05, 0.1) is 6.04 Å². The summed E-state index contributed by atoms with van der Waals surface area (Å²) in [6.45, 7) is 10.3. The monoisotopic (exact) mass is 395 g/mol. The van der Waals surface area contributed by atoms with Gasteiger partial charge < -0.3 is 29.0 Å². The average molecular weight is 395 g/mol. The van der Waals surface area contributed by atoms with Gasteiger partial charge in [-0.25, -0.2) is 0 Å². The molecule has 0 aliphatic carbocycles. The third-order valence-electron chi connectivity index (χ3n) is 4.58. The molecule has 10 heteroatoms. The molecule has 0 unspecified atom stereocenters. The highest BCUT2D eigenvalue weighted by Crippen LogP contribution is 2.45. The zero-order valence-electron chi connectivity index (χ0n) is 15.5. The van der Waals surface area contributed by atoms with Crippen LogP contribution in [0.3, 0.4) is 0 Å². The van der Waals surface area contributed by atoms with Gasteiger partial charge in [0, 0.05) is 0 Å². The lowest BCUT2D eigenvalue weighted by Gasteiger charge is -2.40. The molecule has 6 atom stereocenters. The molecule has 7 nitrogen and oxygen atoms in total. The van der Waals surface area contributed by atoms with E-state index in [1.165, 1.54) is 6.08 Å². The minimum Gasteiger partial charge on any atom is -0.343 e. The molecule has 1 amide bonds. The molecule has 0 saturated carbocycles. The first-order chi connectivity index (χ1) is 12.3. The summed E-state index contributed by atoms with van der Waals surface area (Å²) in [4.78, 5) is 11.5. The maximum absolute atomic E-state index is 12.7. The van der Waals surface area contributed by atoms with Crippen LogP contribution < -0.4 is 5.32 Å². The first kappa shape index (κ1) is 20.5. The molecule has 0 aromatic carbocycles. The van der Waals surface area contributed by atoms with E-state index < -0.39 is 60.4 Å². The summed E-state index contributed by atoms with van der Waals surface area (Å²) in [7, 11) is 0. The summed E-state index contributed by atoms with van der Waals surface area (Å²) in [6.07, 6.45) is -7.36. The van der Waals surface area contributed by atoms with Crippen molar-refractivity contribution < 1.29 is 41.7 Å². The van der Waals surface area contributed by atoms with Crippen molar-refractivity contribution in [3.8, 4) is 0 Å². The molecule has 3 heterocycles. The van der Waals surface area contributed by atoms with Gasteiger partial charge in [-0.3, -0.25) is 4.79 Å². The van der Waals surface area contributed by atoms with Crippen molar-refractivity contribution in [1.82, 2.24) is 5.32 Å². The molecule has 3 saturated heterocycles. The van der Waals surface area contributed by atoms with Crippen molar-refractivity contribution in [1.29, 1.82) is 0 Å². The largest absolute Gasteiger partial charge is 0.471 e. The summed E-state index contributed by atoms with van der Waals surface area (Å²) < 4.78 is 67.5. The van der Waals surface area contributed by atoms with Gasteiger partial charge in [0.2, 0.25) is 0 Å². The topological polar surface area (TPSA) is 75.3 Å². The number of halogens is 3. The summed E-state index contributed by atoms with van der Waals surface area (Å²) in [6, 6.07) is -1.03. The molecule has 3 aliphatic rings. The van der Waals surface area contributed by atoms with Gasteiger partial charge in [-0.05, 0) is 34.1 Å². The molecular weight excluding hydrogens is 371 g/mol. The van der Waals surface area contributed by atoms with Crippen molar-refractivity contribution in [3.63, 3.8) is 0 Å². The van der Waals surface area contributed by atoms with Crippen LogP contribution in [-0.4, -0.2) is 60.4 Å². The van der Waals surface area contributed by atoms with Gasteiger partial charge in [-0.1, -0.05) is 6.08 Å². The Morgan fingerprint density at radius 2 is 1.63 bits per heavy atom. The van der Waals surface area contributed by atoms with Gasteiger partial charge in [-0.15, -0.1) is 6.58 Å². The van der Waals surface area contributed by atoms with E-state index in [0.717, 1.165) is 0 Å². The Bertz CT molecular complexity index is 608. The second kappa shape index (κ2) is 6.70. The number of hydrogen-bond acceptors (Lipinski definition) is 6. The highest BCUT2D eigenvalue weighted by Gasteiger charge is 2.62. The molecule has 3 rings (SSSR count). The van der Waals surface area contributed by atoms with Crippen LogP contribution in [0.25, 0.3) is 0 Å². The highest BCUT2D eigenvalue weighted by atomic mass is 19.4. The highest BCUT2D eigenvalue weighted by molar-refractivity contribution is 5.82. The standard InChI is InChI=1S/C17H24F3NO6/c1-6-7-8(21-14(22)17(18,19)20)9-10-11(25-15(2,3)24-10)12-13(23-9)27-16(4,5)26-12/h6,8-13H,1,7H2,2-5H3,(H,21,22)/t8-,9-,10+,11+,12-,13-/m1/s1. The number of hydrogen-bond donors (Lipinski definition) is 1. The number of alkyl halides is 3. The van der Waals surface area contributed by atoms with Crippen LogP contribution in [0.4, 0.5) is 13.2 Å². The third-order valence-corrected chi connectivity index (χ3v) is 4.58. The molecule has 154 valence electrons. The fraction of sp³-hybridized carbons (Fsp3) is 0.824. The summed E-state index contributed by atoms with van der Waals surface area (Å²) in [5, 5.41) is 1.98.